The van der Waals surface area contributed by atoms with Crippen LogP contribution in [-0.4, -0.2) is 71.6 Å². The Kier molecular flexibility index (Phi) is 7.73. The molecule has 2 aromatic rings. The van der Waals surface area contributed by atoms with Crippen LogP contribution in [0, 0.1) is 0 Å². The molecule has 0 aromatic heterocycles. The number of ketones is 1. The molecule has 0 spiro atoms. The number of ether oxygens (including phenoxy) is 4. The van der Waals surface area contributed by atoms with Crippen molar-refractivity contribution in [3.05, 3.63) is 52.5 Å². The van der Waals surface area contributed by atoms with E-state index in [0.29, 0.717) is 11.5 Å². The molecular formula is C21H22ClNO8S. The fourth-order valence-corrected chi connectivity index (χ4v) is 4.99. The van der Waals surface area contributed by atoms with Gasteiger partial charge in [-0.25, -0.2) is 13.2 Å². The minimum Gasteiger partial charge on any atom is -0.497 e. The maximum absolute atomic E-state index is 12.9. The Labute approximate surface area is 190 Å². The summed E-state index contributed by atoms with van der Waals surface area (Å²) in [6, 6.07) is 8.45. The summed E-state index contributed by atoms with van der Waals surface area (Å²) in [7, 11) is -1.05. The third-order valence-electron chi connectivity index (χ3n) is 4.80. The first kappa shape index (κ1) is 24.0. The predicted molar refractivity (Wildman–Crippen MR) is 115 cm³/mol. The van der Waals surface area contributed by atoms with Crippen LogP contribution in [0.4, 0.5) is 0 Å². The first-order valence-electron chi connectivity index (χ1n) is 9.57. The fourth-order valence-electron chi connectivity index (χ4n) is 3.08. The zero-order chi connectivity index (χ0) is 23.3. The zero-order valence-electron chi connectivity index (χ0n) is 17.5. The molecular weight excluding hydrogens is 462 g/mol. The summed E-state index contributed by atoms with van der Waals surface area (Å²) >= 11 is 6.11. The molecule has 1 heterocycles. The summed E-state index contributed by atoms with van der Waals surface area (Å²) in [6.45, 7) is 0.341. The lowest BCUT2D eigenvalue weighted by Crippen LogP contribution is -2.40. The maximum Gasteiger partial charge on any atom is 0.338 e. The van der Waals surface area contributed by atoms with Gasteiger partial charge in [0.25, 0.3) is 0 Å². The van der Waals surface area contributed by atoms with E-state index >= 15 is 0 Å². The molecule has 11 heteroatoms. The Morgan fingerprint density at radius 2 is 1.78 bits per heavy atom. The van der Waals surface area contributed by atoms with Crippen LogP contribution in [0.5, 0.6) is 11.5 Å². The molecule has 0 amide bonds. The molecule has 1 aliphatic heterocycles. The molecule has 172 valence electrons. The lowest BCUT2D eigenvalue weighted by Gasteiger charge is -2.26. The van der Waals surface area contributed by atoms with Crippen molar-refractivity contribution in [3.63, 3.8) is 0 Å². The number of hydrogen-bond acceptors (Lipinski definition) is 8. The number of nitrogens with zero attached hydrogens (tertiary/aromatic N) is 1. The molecule has 0 unspecified atom stereocenters. The quantitative estimate of drug-likeness (QED) is 0.416. The Morgan fingerprint density at radius 3 is 2.44 bits per heavy atom. The van der Waals surface area contributed by atoms with Gasteiger partial charge in [0.05, 0.1) is 43.6 Å². The van der Waals surface area contributed by atoms with E-state index in [1.54, 1.807) is 12.1 Å². The van der Waals surface area contributed by atoms with Crippen LogP contribution < -0.4 is 9.47 Å². The third-order valence-corrected chi connectivity index (χ3v) is 7.18. The van der Waals surface area contributed by atoms with E-state index in [-0.39, 0.29) is 47.3 Å². The van der Waals surface area contributed by atoms with E-state index in [9.17, 15) is 18.0 Å². The monoisotopic (exact) mass is 483 g/mol. The summed E-state index contributed by atoms with van der Waals surface area (Å²) in [5.41, 5.74) is 0.137. The third kappa shape index (κ3) is 5.21. The van der Waals surface area contributed by atoms with Crippen LogP contribution in [0.1, 0.15) is 20.7 Å². The van der Waals surface area contributed by atoms with E-state index in [2.05, 4.69) is 0 Å². The smallest absolute Gasteiger partial charge is 0.338 e. The highest BCUT2D eigenvalue weighted by atomic mass is 35.5. The van der Waals surface area contributed by atoms with Crippen molar-refractivity contribution in [2.75, 3.05) is 47.1 Å². The molecule has 0 bridgehead atoms. The van der Waals surface area contributed by atoms with Gasteiger partial charge in [0.1, 0.15) is 16.4 Å². The lowest BCUT2D eigenvalue weighted by molar-refractivity contribution is 0.0473. The fraction of sp³-hybridized carbons (Fsp3) is 0.333. The lowest BCUT2D eigenvalue weighted by atomic mass is 10.1. The van der Waals surface area contributed by atoms with Gasteiger partial charge >= 0.3 is 5.97 Å². The number of morpholine rings is 1. The number of halogens is 1. The molecule has 0 saturated carbocycles. The van der Waals surface area contributed by atoms with E-state index in [1.165, 1.54) is 36.7 Å². The van der Waals surface area contributed by atoms with Crippen LogP contribution in [0.2, 0.25) is 5.02 Å². The first-order valence-corrected chi connectivity index (χ1v) is 11.4. The maximum atomic E-state index is 12.9. The van der Waals surface area contributed by atoms with Gasteiger partial charge in [-0.2, -0.15) is 4.31 Å². The van der Waals surface area contributed by atoms with E-state index < -0.39 is 28.4 Å². The Bertz CT molecular complexity index is 1110. The molecule has 32 heavy (non-hydrogen) atoms. The van der Waals surface area contributed by atoms with Crippen molar-refractivity contribution >= 4 is 33.4 Å². The Hall–Kier alpha value is -2.66. The average molecular weight is 484 g/mol. The second-order valence-electron chi connectivity index (χ2n) is 6.73. The van der Waals surface area contributed by atoms with E-state index in [1.807, 2.05) is 0 Å². The highest BCUT2D eigenvalue weighted by molar-refractivity contribution is 7.89. The number of rotatable bonds is 8. The van der Waals surface area contributed by atoms with Crippen molar-refractivity contribution in [1.29, 1.82) is 0 Å². The molecule has 3 rings (SSSR count). The van der Waals surface area contributed by atoms with Crippen molar-refractivity contribution in [1.82, 2.24) is 4.31 Å². The molecule has 1 fully saturated rings. The number of benzene rings is 2. The molecule has 0 aliphatic carbocycles. The number of hydrogen-bond donors (Lipinski definition) is 0. The summed E-state index contributed by atoms with van der Waals surface area (Å²) in [4.78, 5) is 24.9. The van der Waals surface area contributed by atoms with Gasteiger partial charge in [-0.15, -0.1) is 0 Å². The molecule has 2 aromatic carbocycles. The van der Waals surface area contributed by atoms with E-state index in [0.717, 1.165) is 6.07 Å². The second kappa shape index (κ2) is 10.3. The summed E-state index contributed by atoms with van der Waals surface area (Å²) in [5.74, 6) is -0.632. The van der Waals surface area contributed by atoms with Gasteiger partial charge < -0.3 is 18.9 Å². The van der Waals surface area contributed by atoms with Gasteiger partial charge in [0.2, 0.25) is 15.8 Å². The number of methoxy groups -OCH3 is 2. The van der Waals surface area contributed by atoms with E-state index in [4.69, 9.17) is 30.5 Å². The van der Waals surface area contributed by atoms with Gasteiger partial charge in [0.15, 0.2) is 6.61 Å². The first-order chi connectivity index (χ1) is 15.3. The van der Waals surface area contributed by atoms with Crippen molar-refractivity contribution < 1.29 is 37.0 Å². The van der Waals surface area contributed by atoms with Gasteiger partial charge in [-0.05, 0) is 36.4 Å². The van der Waals surface area contributed by atoms with Crippen LogP contribution in [0.25, 0.3) is 0 Å². The Morgan fingerprint density at radius 1 is 1.06 bits per heavy atom. The highest BCUT2D eigenvalue weighted by Crippen LogP contribution is 2.27. The summed E-state index contributed by atoms with van der Waals surface area (Å²) < 4.78 is 47.7. The van der Waals surface area contributed by atoms with Crippen LogP contribution in [-0.2, 0) is 19.5 Å². The standard InChI is InChI=1S/C21H22ClNO8S/c1-28-15-4-6-19(29-2)16(12-15)18(24)13-31-21(25)14-3-5-17(22)20(11-14)32(26,27)23-7-9-30-10-8-23/h3-6,11-12H,7-10,13H2,1-2H3. The number of carbonyl (C=O) groups is 2. The SMILES string of the molecule is COc1ccc(OC)c(C(=O)COC(=O)c2ccc(Cl)c(S(=O)(=O)N3CCOCC3)c2)c1. The molecule has 0 N–H and O–H groups in total. The number of sulfonamides is 1. The number of esters is 1. The van der Waals surface area contributed by atoms with Crippen LogP contribution in [0.15, 0.2) is 41.3 Å². The van der Waals surface area contributed by atoms with Crippen molar-refractivity contribution in [3.8, 4) is 11.5 Å². The zero-order valence-corrected chi connectivity index (χ0v) is 19.1. The van der Waals surface area contributed by atoms with Crippen molar-refractivity contribution in [2.24, 2.45) is 0 Å². The van der Waals surface area contributed by atoms with Crippen molar-refractivity contribution in [2.45, 2.75) is 4.90 Å². The summed E-state index contributed by atoms with van der Waals surface area (Å²) in [5, 5.41) is -0.0229. The topological polar surface area (TPSA) is 108 Å². The van der Waals surface area contributed by atoms with Gasteiger partial charge in [-0.3, -0.25) is 4.79 Å². The number of Topliss-reactive ketones (excluding diaryl/α,β-unsaturated/α-hetero) is 1. The van der Waals surface area contributed by atoms with Crippen LogP contribution >= 0.6 is 11.6 Å². The highest BCUT2D eigenvalue weighted by Gasteiger charge is 2.29. The largest absolute Gasteiger partial charge is 0.497 e. The molecule has 1 aliphatic rings. The molecule has 1 saturated heterocycles. The summed E-state index contributed by atoms with van der Waals surface area (Å²) in [6.07, 6.45) is 0. The minimum absolute atomic E-state index is 0.0229. The van der Waals surface area contributed by atoms with Gasteiger partial charge in [0, 0.05) is 13.1 Å². The minimum atomic E-state index is -3.92. The normalized spacial score (nSPS) is 14.6. The predicted octanol–water partition coefficient (Wildman–Crippen LogP) is 2.42. The molecule has 9 nitrogen and oxygen atoms in total. The second-order valence-corrected chi connectivity index (χ2v) is 9.04. The Balaban J connectivity index is 1.76. The molecule has 0 radical (unpaired) electrons. The van der Waals surface area contributed by atoms with Crippen LogP contribution in [0.3, 0.4) is 0 Å². The number of carbonyl (C=O) groups excluding carboxylic acids is 2. The average Bonchev–Trinajstić information content (AvgIpc) is 2.82. The van der Waals surface area contributed by atoms with Gasteiger partial charge in [-0.1, -0.05) is 11.6 Å². The molecule has 0 atom stereocenters.